The van der Waals surface area contributed by atoms with Crippen LogP contribution in [0.1, 0.15) is 83.4 Å². The highest BCUT2D eigenvalue weighted by Gasteiger charge is 2.44. The SMILES string of the molecule is CCN1/C(=C/C=C/C=C/C=C/C2=[N+](CCCS(=O)(=O)[O-])c3ccc(CN(C)CCCC(=O)ON4C(=O)CCC4=O)cc3C2(C)C)C(C)(C)c2cc(S(=O)(=O)O)ccc21. The molecule has 1 N–H and O–H groups in total. The number of carbonyl (C=O) groups excluding carboxylic acids is 3. The lowest BCUT2D eigenvalue weighted by atomic mass is 9.80. The monoisotopic (exact) mass is 836 g/mol. The maximum absolute atomic E-state index is 12.2. The molecule has 16 heteroatoms. The average molecular weight is 837 g/mol. The smallest absolute Gasteiger partial charge is 0.333 e. The van der Waals surface area contributed by atoms with Crippen LogP contribution in [0.25, 0.3) is 0 Å². The van der Waals surface area contributed by atoms with E-state index in [0.29, 0.717) is 37.7 Å². The second kappa shape index (κ2) is 17.6. The second-order valence-electron chi connectivity index (χ2n) is 15.7. The van der Waals surface area contributed by atoms with Gasteiger partial charge in [-0.15, -0.1) is 5.06 Å². The molecule has 2 amide bonds. The fourth-order valence-corrected chi connectivity index (χ4v) is 8.78. The molecule has 3 aliphatic heterocycles. The number of carbonyl (C=O) groups is 3. The van der Waals surface area contributed by atoms with Gasteiger partial charge in [-0.3, -0.25) is 14.1 Å². The minimum Gasteiger partial charge on any atom is -0.748 e. The summed E-state index contributed by atoms with van der Waals surface area (Å²) in [5.41, 5.74) is 5.64. The molecule has 0 aliphatic carbocycles. The summed E-state index contributed by atoms with van der Waals surface area (Å²) in [6.07, 6.45) is 14.2. The van der Waals surface area contributed by atoms with Crippen LogP contribution in [0.2, 0.25) is 0 Å². The van der Waals surface area contributed by atoms with Crippen LogP contribution in [0.5, 0.6) is 0 Å². The van der Waals surface area contributed by atoms with E-state index in [1.54, 1.807) is 6.07 Å². The van der Waals surface area contributed by atoms with Crippen molar-refractivity contribution in [2.75, 3.05) is 37.3 Å². The van der Waals surface area contributed by atoms with Gasteiger partial charge >= 0.3 is 5.97 Å². The molecule has 0 saturated carbocycles. The van der Waals surface area contributed by atoms with E-state index in [1.165, 1.54) is 12.1 Å². The van der Waals surface area contributed by atoms with Crippen LogP contribution in [0.3, 0.4) is 0 Å². The molecule has 5 rings (SSSR count). The third kappa shape index (κ3) is 10.1. The van der Waals surface area contributed by atoms with Gasteiger partial charge in [0.25, 0.3) is 21.9 Å². The molecule has 0 aromatic heterocycles. The molecule has 0 atom stereocenters. The number of anilines is 1. The Balaban J connectivity index is 1.27. The Morgan fingerprint density at radius 1 is 0.931 bits per heavy atom. The predicted octanol–water partition coefficient (Wildman–Crippen LogP) is 5.43. The van der Waals surface area contributed by atoms with Crippen LogP contribution < -0.4 is 4.90 Å². The van der Waals surface area contributed by atoms with Crippen molar-refractivity contribution in [3.05, 3.63) is 101 Å². The largest absolute Gasteiger partial charge is 0.748 e. The maximum atomic E-state index is 12.2. The number of benzene rings is 2. The van der Waals surface area contributed by atoms with E-state index in [0.717, 1.165) is 39.5 Å². The van der Waals surface area contributed by atoms with E-state index in [1.807, 2.05) is 82.5 Å². The van der Waals surface area contributed by atoms with Crippen molar-refractivity contribution in [1.29, 1.82) is 0 Å². The molecule has 0 spiro atoms. The van der Waals surface area contributed by atoms with Crippen molar-refractivity contribution in [1.82, 2.24) is 9.96 Å². The number of imide groups is 1. The van der Waals surface area contributed by atoms with E-state index in [-0.39, 0.29) is 30.6 Å². The predicted molar refractivity (Wildman–Crippen MR) is 219 cm³/mol. The zero-order valence-electron chi connectivity index (χ0n) is 33.8. The Morgan fingerprint density at radius 3 is 2.26 bits per heavy atom. The molecule has 58 heavy (non-hydrogen) atoms. The Labute approximate surface area is 341 Å². The van der Waals surface area contributed by atoms with Gasteiger partial charge < -0.3 is 19.2 Å². The number of likely N-dealkylation sites (N-methyl/N-ethyl adjacent to an activating group) is 1. The normalized spacial score (nSPS) is 18.6. The molecule has 2 aromatic carbocycles. The molecule has 0 radical (unpaired) electrons. The maximum Gasteiger partial charge on any atom is 0.333 e. The average Bonchev–Trinajstić information content (AvgIpc) is 3.64. The molecule has 1 saturated heterocycles. The molecular weight excluding hydrogens is 785 g/mol. The summed E-state index contributed by atoms with van der Waals surface area (Å²) in [5, 5.41) is 0.557. The van der Waals surface area contributed by atoms with E-state index in [2.05, 4.69) is 34.3 Å². The third-order valence-electron chi connectivity index (χ3n) is 10.7. The molecule has 0 bridgehead atoms. The van der Waals surface area contributed by atoms with Crippen molar-refractivity contribution in [2.45, 2.75) is 89.0 Å². The molecular formula is C42H52N4O10S2. The molecule has 14 nitrogen and oxygen atoms in total. The van der Waals surface area contributed by atoms with E-state index >= 15 is 0 Å². The summed E-state index contributed by atoms with van der Waals surface area (Å²) in [7, 11) is -6.80. The zero-order chi connectivity index (χ0) is 42.6. The fraction of sp³-hybridized carbons (Fsp3) is 0.429. The third-order valence-corrected chi connectivity index (χ3v) is 12.4. The standard InChI is InChI=1S/C42H52N4O10S2/c1-7-44-34-21-19-31(58(53,54)55)28-33(34)42(4,5)36(44)15-11-9-8-10-12-16-37-41(2,3)32-27-30(18-20-35(32)45(37)25-14-26-57(50,51)52)29-43(6)24-13-17-40(49)56-46-38(47)22-23-39(46)48/h8-12,15-16,18-21,27-28H,7,13-14,17,22-26,29H2,1-6H3,(H-,50,51,52,53,54,55). The Kier molecular flexibility index (Phi) is 13.5. The highest BCUT2D eigenvalue weighted by molar-refractivity contribution is 7.86. The summed E-state index contributed by atoms with van der Waals surface area (Å²) in [6.45, 7) is 12.4. The number of hydroxylamine groups is 2. The number of allylic oxidation sites excluding steroid dienone is 8. The zero-order valence-corrected chi connectivity index (χ0v) is 35.4. The highest BCUT2D eigenvalue weighted by Crippen LogP contribution is 2.48. The number of hydrogen-bond acceptors (Lipinski definition) is 11. The lowest BCUT2D eigenvalue weighted by molar-refractivity contribution is -0.437. The first-order valence-corrected chi connectivity index (χ1v) is 22.3. The summed E-state index contributed by atoms with van der Waals surface area (Å²) in [4.78, 5) is 44.7. The Bertz CT molecular complexity index is 2320. The van der Waals surface area contributed by atoms with Gasteiger partial charge in [0.1, 0.15) is 6.54 Å². The van der Waals surface area contributed by atoms with Crippen molar-refractivity contribution in [3.8, 4) is 0 Å². The summed E-state index contributed by atoms with van der Waals surface area (Å²) >= 11 is 0. The first-order chi connectivity index (χ1) is 27.1. The first kappa shape index (κ1) is 44.4. The van der Waals surface area contributed by atoms with E-state index in [9.17, 15) is 40.3 Å². The summed E-state index contributed by atoms with van der Waals surface area (Å²) in [6, 6.07) is 10.8. The van der Waals surface area contributed by atoms with E-state index in [4.69, 9.17) is 4.84 Å². The first-order valence-electron chi connectivity index (χ1n) is 19.2. The molecule has 3 heterocycles. The summed E-state index contributed by atoms with van der Waals surface area (Å²) in [5.74, 6) is -2.13. The van der Waals surface area contributed by atoms with Gasteiger partial charge in [-0.05, 0) is 82.3 Å². The topological polar surface area (TPSA) is 185 Å². The van der Waals surface area contributed by atoms with Crippen LogP contribution in [0.4, 0.5) is 11.4 Å². The van der Waals surface area contributed by atoms with Crippen LogP contribution >= 0.6 is 0 Å². The molecule has 312 valence electrons. The van der Waals surface area contributed by atoms with Crippen LogP contribution in [0, 0.1) is 0 Å². The summed E-state index contributed by atoms with van der Waals surface area (Å²) < 4.78 is 69.8. The van der Waals surface area contributed by atoms with Gasteiger partial charge in [0.15, 0.2) is 5.71 Å². The van der Waals surface area contributed by atoms with Gasteiger partial charge in [0, 0.05) is 79.0 Å². The van der Waals surface area contributed by atoms with Gasteiger partial charge in [-0.1, -0.05) is 50.3 Å². The van der Waals surface area contributed by atoms with Gasteiger partial charge in [0.05, 0.1) is 20.4 Å². The van der Waals surface area contributed by atoms with Crippen molar-refractivity contribution < 1.29 is 49.7 Å². The second-order valence-corrected chi connectivity index (χ2v) is 18.7. The molecule has 3 aliphatic rings. The number of nitrogens with zero attached hydrogens (tertiary/aromatic N) is 4. The number of amides is 2. The highest BCUT2D eigenvalue weighted by atomic mass is 32.2. The Hall–Kier alpha value is -4.74. The van der Waals surface area contributed by atoms with Crippen molar-refractivity contribution >= 4 is 55.1 Å². The fourth-order valence-electron chi connectivity index (χ4n) is 7.79. The quantitative estimate of drug-likeness (QED) is 0.0924. The number of fused-ring (bicyclic) bond motifs is 2. The Morgan fingerprint density at radius 2 is 1.60 bits per heavy atom. The van der Waals surface area contributed by atoms with Crippen molar-refractivity contribution in [3.63, 3.8) is 0 Å². The van der Waals surface area contributed by atoms with Crippen LogP contribution in [-0.4, -0.2) is 96.4 Å². The van der Waals surface area contributed by atoms with Gasteiger partial charge in [0.2, 0.25) is 5.69 Å². The molecule has 2 aromatic rings. The number of rotatable bonds is 17. The lowest BCUT2D eigenvalue weighted by Gasteiger charge is -2.25. The lowest BCUT2D eigenvalue weighted by Crippen LogP contribution is -2.32. The van der Waals surface area contributed by atoms with E-state index < -0.39 is 54.6 Å². The minimum absolute atomic E-state index is 0.0412. The van der Waals surface area contributed by atoms with Gasteiger partial charge in [-0.2, -0.15) is 13.0 Å². The van der Waals surface area contributed by atoms with Crippen LogP contribution in [0.15, 0.2) is 89.5 Å². The van der Waals surface area contributed by atoms with Gasteiger partial charge in [-0.25, -0.2) is 13.2 Å². The minimum atomic E-state index is -4.39. The molecule has 1 fully saturated rings. The number of hydrogen-bond donors (Lipinski definition) is 1. The van der Waals surface area contributed by atoms with Crippen LogP contribution in [-0.2, 0) is 56.8 Å². The molecule has 0 unspecified atom stereocenters. The van der Waals surface area contributed by atoms with Crippen molar-refractivity contribution in [2.24, 2.45) is 0 Å².